The number of hydrogen-bond acceptors (Lipinski definition) is 3. The number of hydrogen-bond donors (Lipinski definition) is 1. The zero-order valence-electron chi connectivity index (χ0n) is 14.6. The van der Waals surface area contributed by atoms with Crippen LogP contribution in [-0.2, 0) is 11.3 Å². The third-order valence-electron chi connectivity index (χ3n) is 3.88. The third kappa shape index (κ3) is 3.95. The summed E-state index contributed by atoms with van der Waals surface area (Å²) in [5, 5.41) is 7.37. The van der Waals surface area contributed by atoms with Crippen LogP contribution in [-0.4, -0.2) is 22.8 Å². The Bertz CT molecular complexity index is 882. The van der Waals surface area contributed by atoms with E-state index in [2.05, 4.69) is 10.4 Å². The molecule has 3 rings (SSSR count). The van der Waals surface area contributed by atoms with Gasteiger partial charge in [-0.05, 0) is 61.9 Å². The number of anilines is 1. The summed E-state index contributed by atoms with van der Waals surface area (Å²) in [5.74, 6) is -0.144. The van der Waals surface area contributed by atoms with Gasteiger partial charge in [-0.15, -0.1) is 0 Å². The Kier molecular flexibility index (Phi) is 4.95. The number of ether oxygens (including phenoxy) is 1. The van der Waals surface area contributed by atoms with Crippen molar-refractivity contribution in [1.82, 2.24) is 9.78 Å². The summed E-state index contributed by atoms with van der Waals surface area (Å²) in [4.78, 5) is 12.4. The molecule has 0 unspecified atom stereocenters. The summed E-state index contributed by atoms with van der Waals surface area (Å²) in [6.07, 6.45) is 0. The molecule has 1 aromatic heterocycles. The van der Waals surface area contributed by atoms with Crippen LogP contribution in [0, 0.1) is 13.8 Å². The lowest BCUT2D eigenvalue weighted by atomic mass is 10.1. The summed E-state index contributed by atoms with van der Waals surface area (Å²) in [7, 11) is 1.65. The number of nitrogens with zero attached hydrogens (tertiary/aromatic N) is 2. The van der Waals surface area contributed by atoms with Gasteiger partial charge in [-0.1, -0.05) is 12.1 Å². The molecule has 0 bridgehead atoms. The fourth-order valence-corrected chi connectivity index (χ4v) is 2.75. The maximum Gasteiger partial charge on any atom is 0.255 e. The molecule has 0 atom stereocenters. The number of methoxy groups -OCH3 is 1. The highest BCUT2D eigenvalue weighted by molar-refractivity contribution is 6.04. The standard InChI is InChI=1S/C20H21N3O2/c1-14-11-15(2)23(22-14)19-9-7-17(8-10-19)20(24)21-18-6-4-5-16(12-18)13-25-3/h4-12H,13H2,1-3H3,(H,21,24). The van der Waals surface area contributed by atoms with Crippen LogP contribution in [0.1, 0.15) is 27.3 Å². The van der Waals surface area contributed by atoms with Crippen LogP contribution in [0.4, 0.5) is 5.69 Å². The molecule has 1 amide bonds. The second kappa shape index (κ2) is 7.32. The first-order chi connectivity index (χ1) is 12.1. The Labute approximate surface area is 147 Å². The normalized spacial score (nSPS) is 10.7. The van der Waals surface area contributed by atoms with Crippen molar-refractivity contribution in [2.24, 2.45) is 0 Å². The number of nitrogens with one attached hydrogen (secondary N) is 1. The highest BCUT2D eigenvalue weighted by Gasteiger charge is 2.08. The first-order valence-corrected chi connectivity index (χ1v) is 8.10. The van der Waals surface area contributed by atoms with Crippen LogP contribution in [0.5, 0.6) is 0 Å². The third-order valence-corrected chi connectivity index (χ3v) is 3.88. The van der Waals surface area contributed by atoms with Gasteiger partial charge in [0, 0.05) is 24.1 Å². The first-order valence-electron chi connectivity index (χ1n) is 8.10. The minimum atomic E-state index is -0.144. The van der Waals surface area contributed by atoms with Crippen molar-refractivity contribution in [3.05, 3.63) is 77.1 Å². The van der Waals surface area contributed by atoms with Crippen LogP contribution in [0.2, 0.25) is 0 Å². The SMILES string of the molecule is COCc1cccc(NC(=O)c2ccc(-n3nc(C)cc3C)cc2)c1. The molecular formula is C20H21N3O2. The molecule has 1 N–H and O–H groups in total. The second-order valence-corrected chi connectivity index (χ2v) is 5.97. The molecule has 1 heterocycles. The molecule has 0 fully saturated rings. The lowest BCUT2D eigenvalue weighted by Crippen LogP contribution is -2.12. The van der Waals surface area contributed by atoms with Crippen molar-refractivity contribution in [2.45, 2.75) is 20.5 Å². The Balaban J connectivity index is 1.75. The molecule has 0 spiro atoms. The molecule has 0 saturated heterocycles. The summed E-state index contributed by atoms with van der Waals surface area (Å²) in [6.45, 7) is 4.48. The van der Waals surface area contributed by atoms with Gasteiger partial charge in [0.25, 0.3) is 5.91 Å². The van der Waals surface area contributed by atoms with Crippen molar-refractivity contribution in [1.29, 1.82) is 0 Å². The van der Waals surface area contributed by atoms with Gasteiger partial charge < -0.3 is 10.1 Å². The zero-order chi connectivity index (χ0) is 17.8. The molecular weight excluding hydrogens is 314 g/mol. The molecule has 25 heavy (non-hydrogen) atoms. The average molecular weight is 335 g/mol. The van der Waals surface area contributed by atoms with E-state index in [1.54, 1.807) is 19.2 Å². The van der Waals surface area contributed by atoms with E-state index in [0.717, 1.165) is 28.3 Å². The molecule has 0 aliphatic rings. The van der Waals surface area contributed by atoms with Gasteiger partial charge in [0.05, 0.1) is 18.0 Å². The Hall–Kier alpha value is -2.92. The van der Waals surface area contributed by atoms with E-state index in [0.29, 0.717) is 12.2 Å². The topological polar surface area (TPSA) is 56.1 Å². The molecule has 5 heteroatoms. The van der Waals surface area contributed by atoms with Crippen LogP contribution >= 0.6 is 0 Å². The lowest BCUT2D eigenvalue weighted by molar-refractivity contribution is 0.102. The summed E-state index contributed by atoms with van der Waals surface area (Å²) in [6, 6.07) is 17.1. The number of carbonyl (C=O) groups excluding carboxylic acids is 1. The highest BCUT2D eigenvalue weighted by Crippen LogP contribution is 2.16. The summed E-state index contributed by atoms with van der Waals surface area (Å²) >= 11 is 0. The highest BCUT2D eigenvalue weighted by atomic mass is 16.5. The smallest absolute Gasteiger partial charge is 0.255 e. The monoisotopic (exact) mass is 335 g/mol. The predicted octanol–water partition coefficient (Wildman–Crippen LogP) is 3.89. The maximum absolute atomic E-state index is 12.4. The number of carbonyl (C=O) groups is 1. The van der Waals surface area contributed by atoms with Crippen LogP contribution < -0.4 is 5.32 Å². The van der Waals surface area contributed by atoms with E-state index in [1.165, 1.54) is 0 Å². The first kappa shape index (κ1) is 16.9. The summed E-state index contributed by atoms with van der Waals surface area (Å²) in [5.41, 5.74) is 5.33. The van der Waals surface area contributed by atoms with E-state index >= 15 is 0 Å². The molecule has 0 radical (unpaired) electrons. The Morgan fingerprint density at radius 1 is 1.12 bits per heavy atom. The molecule has 3 aromatic rings. The van der Waals surface area contributed by atoms with Gasteiger partial charge in [-0.25, -0.2) is 4.68 Å². The quantitative estimate of drug-likeness (QED) is 0.769. The minimum absolute atomic E-state index is 0.144. The van der Waals surface area contributed by atoms with Crippen molar-refractivity contribution in [3.63, 3.8) is 0 Å². The second-order valence-electron chi connectivity index (χ2n) is 5.97. The molecule has 0 saturated carbocycles. The largest absolute Gasteiger partial charge is 0.380 e. The number of amides is 1. The predicted molar refractivity (Wildman–Crippen MR) is 98.1 cm³/mol. The molecule has 2 aromatic carbocycles. The summed E-state index contributed by atoms with van der Waals surface area (Å²) < 4.78 is 6.98. The average Bonchev–Trinajstić information content (AvgIpc) is 2.94. The number of benzene rings is 2. The Morgan fingerprint density at radius 3 is 2.52 bits per heavy atom. The zero-order valence-corrected chi connectivity index (χ0v) is 14.6. The lowest BCUT2D eigenvalue weighted by Gasteiger charge is -2.09. The van der Waals surface area contributed by atoms with E-state index in [9.17, 15) is 4.79 Å². The van der Waals surface area contributed by atoms with E-state index < -0.39 is 0 Å². The number of aryl methyl sites for hydroxylation is 2. The Morgan fingerprint density at radius 2 is 1.88 bits per heavy atom. The van der Waals surface area contributed by atoms with Crippen molar-refractivity contribution < 1.29 is 9.53 Å². The van der Waals surface area contributed by atoms with Crippen LogP contribution in [0.25, 0.3) is 5.69 Å². The number of rotatable bonds is 5. The number of aromatic nitrogens is 2. The van der Waals surface area contributed by atoms with E-state index in [4.69, 9.17) is 4.74 Å². The van der Waals surface area contributed by atoms with Crippen LogP contribution in [0.15, 0.2) is 54.6 Å². The van der Waals surface area contributed by atoms with Gasteiger partial charge >= 0.3 is 0 Å². The van der Waals surface area contributed by atoms with Gasteiger partial charge in [0.15, 0.2) is 0 Å². The van der Waals surface area contributed by atoms with Gasteiger partial charge in [0.2, 0.25) is 0 Å². The van der Waals surface area contributed by atoms with Gasteiger partial charge in [-0.2, -0.15) is 5.10 Å². The van der Waals surface area contributed by atoms with Gasteiger partial charge in [-0.3, -0.25) is 4.79 Å². The van der Waals surface area contributed by atoms with Crippen molar-refractivity contribution in [3.8, 4) is 5.69 Å². The molecule has 0 aliphatic heterocycles. The van der Waals surface area contributed by atoms with Crippen molar-refractivity contribution >= 4 is 11.6 Å². The fourth-order valence-electron chi connectivity index (χ4n) is 2.75. The van der Waals surface area contributed by atoms with E-state index in [1.807, 2.05) is 61.0 Å². The molecule has 5 nitrogen and oxygen atoms in total. The van der Waals surface area contributed by atoms with E-state index in [-0.39, 0.29) is 5.91 Å². The molecule has 128 valence electrons. The van der Waals surface area contributed by atoms with Gasteiger partial charge in [0.1, 0.15) is 0 Å². The van der Waals surface area contributed by atoms with Crippen molar-refractivity contribution in [2.75, 3.05) is 12.4 Å². The van der Waals surface area contributed by atoms with Crippen LogP contribution in [0.3, 0.4) is 0 Å². The minimum Gasteiger partial charge on any atom is -0.380 e. The fraction of sp³-hybridized carbons (Fsp3) is 0.200. The molecule has 0 aliphatic carbocycles. The maximum atomic E-state index is 12.4.